The Morgan fingerprint density at radius 3 is 2.86 bits per heavy atom. The highest BCUT2D eigenvalue weighted by molar-refractivity contribution is 9.10. The van der Waals surface area contributed by atoms with E-state index >= 15 is 0 Å². The van der Waals surface area contributed by atoms with Crippen LogP contribution in [0.25, 0.3) is 10.9 Å². The van der Waals surface area contributed by atoms with Gasteiger partial charge in [0.15, 0.2) is 5.75 Å². The van der Waals surface area contributed by atoms with E-state index in [0.29, 0.717) is 23.1 Å². The van der Waals surface area contributed by atoms with Crippen LogP contribution in [0.3, 0.4) is 0 Å². The quantitative estimate of drug-likeness (QED) is 0.726. The molecule has 2 aromatic carbocycles. The first-order valence-electron chi connectivity index (χ1n) is 6.34. The van der Waals surface area contributed by atoms with Gasteiger partial charge in [-0.1, -0.05) is 39.7 Å². The Bertz CT molecular complexity index is 802. The molecule has 1 heterocycles. The number of fused-ring (bicyclic) bond motifs is 1. The number of halogens is 2. The lowest BCUT2D eigenvalue weighted by Gasteiger charge is -2.12. The van der Waals surface area contributed by atoms with E-state index in [1.807, 2.05) is 42.5 Å². The third-order valence-electron chi connectivity index (χ3n) is 3.08. The van der Waals surface area contributed by atoms with Crippen molar-refractivity contribution in [3.05, 3.63) is 63.7 Å². The molecule has 0 radical (unpaired) electrons. The van der Waals surface area contributed by atoms with E-state index in [1.54, 1.807) is 6.20 Å². The van der Waals surface area contributed by atoms with E-state index in [9.17, 15) is 0 Å². The zero-order valence-corrected chi connectivity index (χ0v) is 13.4. The lowest BCUT2D eigenvalue weighted by molar-refractivity contribution is 0.311. The number of anilines is 1. The third kappa shape index (κ3) is 3.12. The van der Waals surface area contributed by atoms with Crippen molar-refractivity contribution in [1.82, 2.24) is 4.98 Å². The van der Waals surface area contributed by atoms with Crippen LogP contribution in [0.5, 0.6) is 5.75 Å². The van der Waals surface area contributed by atoms with Gasteiger partial charge in [0.2, 0.25) is 0 Å². The Labute approximate surface area is 135 Å². The number of ether oxygens (including phenoxy) is 1. The van der Waals surface area contributed by atoms with Gasteiger partial charge >= 0.3 is 0 Å². The average Bonchev–Trinajstić information content (AvgIpc) is 2.46. The highest BCUT2D eigenvalue weighted by Gasteiger charge is 2.09. The predicted octanol–water partition coefficient (Wildman–Crippen LogP) is 4.81. The lowest BCUT2D eigenvalue weighted by atomic mass is 10.2. The van der Waals surface area contributed by atoms with Gasteiger partial charge in [-0.15, -0.1) is 0 Å². The van der Waals surface area contributed by atoms with Gasteiger partial charge in [-0.05, 0) is 35.9 Å². The maximum Gasteiger partial charge on any atom is 0.153 e. The van der Waals surface area contributed by atoms with E-state index in [2.05, 4.69) is 20.9 Å². The third-order valence-corrected chi connectivity index (χ3v) is 3.81. The fraction of sp³-hybridized carbons (Fsp3) is 0.0625. The number of nitrogen functional groups attached to an aromatic ring is 1. The fourth-order valence-electron chi connectivity index (χ4n) is 2.10. The highest BCUT2D eigenvalue weighted by Crippen LogP contribution is 2.32. The van der Waals surface area contributed by atoms with Crippen LogP contribution in [0, 0.1) is 0 Å². The molecule has 0 bridgehead atoms. The molecule has 106 valence electrons. The van der Waals surface area contributed by atoms with E-state index in [4.69, 9.17) is 22.1 Å². The number of nitrogens with two attached hydrogens (primary N) is 1. The molecule has 0 aliphatic heterocycles. The number of nitrogens with zero attached hydrogens (tertiary/aromatic N) is 1. The summed E-state index contributed by atoms with van der Waals surface area (Å²) in [5.41, 5.74) is 8.35. The topological polar surface area (TPSA) is 48.1 Å². The minimum Gasteiger partial charge on any atom is -0.486 e. The Hall–Kier alpha value is -1.78. The van der Waals surface area contributed by atoms with Crippen molar-refractivity contribution >= 4 is 44.1 Å². The highest BCUT2D eigenvalue weighted by atomic mass is 79.9. The Morgan fingerprint density at radius 1 is 1.19 bits per heavy atom. The van der Waals surface area contributed by atoms with E-state index < -0.39 is 0 Å². The standard InChI is InChI=1S/C16H12BrClN2O/c17-11-4-5-15-13(7-11)16(14(19)8-20-15)21-9-10-2-1-3-12(18)6-10/h1-8H,9,19H2. The first kappa shape index (κ1) is 14.2. The van der Waals surface area contributed by atoms with Crippen molar-refractivity contribution in [3.8, 4) is 5.75 Å². The molecule has 0 aliphatic carbocycles. The zero-order chi connectivity index (χ0) is 14.8. The van der Waals surface area contributed by atoms with Crippen LogP contribution in [0.15, 0.2) is 53.1 Å². The van der Waals surface area contributed by atoms with Gasteiger partial charge < -0.3 is 10.5 Å². The van der Waals surface area contributed by atoms with E-state index in [0.717, 1.165) is 20.9 Å². The number of pyridine rings is 1. The zero-order valence-electron chi connectivity index (χ0n) is 11.0. The van der Waals surface area contributed by atoms with Crippen LogP contribution >= 0.6 is 27.5 Å². The molecule has 0 saturated heterocycles. The van der Waals surface area contributed by atoms with Crippen LogP contribution < -0.4 is 10.5 Å². The lowest BCUT2D eigenvalue weighted by Crippen LogP contribution is -2.00. The molecule has 21 heavy (non-hydrogen) atoms. The summed E-state index contributed by atoms with van der Waals surface area (Å²) < 4.78 is 6.86. The van der Waals surface area contributed by atoms with Crippen LogP contribution in [0.2, 0.25) is 5.02 Å². The molecule has 0 spiro atoms. The molecule has 0 amide bonds. The van der Waals surface area contributed by atoms with Crippen molar-refractivity contribution < 1.29 is 4.74 Å². The summed E-state index contributed by atoms with van der Waals surface area (Å²) in [5, 5.41) is 1.57. The van der Waals surface area contributed by atoms with Crippen molar-refractivity contribution in [1.29, 1.82) is 0 Å². The molecular formula is C16H12BrClN2O. The summed E-state index contributed by atoms with van der Waals surface area (Å²) in [6.45, 7) is 0.399. The fourth-order valence-corrected chi connectivity index (χ4v) is 2.67. The number of hydrogen-bond acceptors (Lipinski definition) is 3. The molecule has 0 saturated carbocycles. The first-order valence-corrected chi connectivity index (χ1v) is 7.51. The summed E-state index contributed by atoms with van der Waals surface area (Å²) in [4.78, 5) is 4.30. The summed E-state index contributed by atoms with van der Waals surface area (Å²) in [5.74, 6) is 0.640. The van der Waals surface area contributed by atoms with Crippen molar-refractivity contribution in [3.63, 3.8) is 0 Å². The molecular weight excluding hydrogens is 352 g/mol. The second-order valence-corrected chi connectivity index (χ2v) is 5.97. The maximum absolute atomic E-state index is 6.00. The normalized spacial score (nSPS) is 10.8. The summed E-state index contributed by atoms with van der Waals surface area (Å²) in [6, 6.07) is 13.4. The van der Waals surface area contributed by atoms with Gasteiger partial charge in [0.05, 0.1) is 17.4 Å². The van der Waals surface area contributed by atoms with Gasteiger partial charge in [-0.3, -0.25) is 4.98 Å². The van der Waals surface area contributed by atoms with Crippen LogP contribution in [-0.4, -0.2) is 4.98 Å². The van der Waals surface area contributed by atoms with Gasteiger partial charge in [-0.25, -0.2) is 0 Å². The van der Waals surface area contributed by atoms with Crippen molar-refractivity contribution in [2.75, 3.05) is 5.73 Å². The average molecular weight is 364 g/mol. The second-order valence-electron chi connectivity index (χ2n) is 4.62. The van der Waals surface area contributed by atoms with Crippen LogP contribution in [0.4, 0.5) is 5.69 Å². The summed E-state index contributed by atoms with van der Waals surface area (Å²) >= 11 is 9.43. The second kappa shape index (κ2) is 5.92. The summed E-state index contributed by atoms with van der Waals surface area (Å²) in [7, 11) is 0. The van der Waals surface area contributed by atoms with Crippen LogP contribution in [-0.2, 0) is 6.61 Å². The maximum atomic E-state index is 6.00. The SMILES string of the molecule is Nc1cnc2ccc(Br)cc2c1OCc1cccc(Cl)c1. The molecule has 2 N–H and O–H groups in total. The Kier molecular flexibility index (Phi) is 3.99. The minimum atomic E-state index is 0.399. The Morgan fingerprint density at radius 2 is 2.05 bits per heavy atom. The smallest absolute Gasteiger partial charge is 0.153 e. The van der Waals surface area contributed by atoms with Gasteiger partial charge in [-0.2, -0.15) is 0 Å². The predicted molar refractivity (Wildman–Crippen MR) is 89.6 cm³/mol. The molecule has 0 fully saturated rings. The number of benzene rings is 2. The molecule has 3 rings (SSSR count). The first-order chi connectivity index (χ1) is 10.1. The van der Waals surface area contributed by atoms with Crippen molar-refractivity contribution in [2.45, 2.75) is 6.61 Å². The summed E-state index contributed by atoms with van der Waals surface area (Å²) in [6.07, 6.45) is 1.61. The largest absolute Gasteiger partial charge is 0.486 e. The van der Waals surface area contributed by atoms with E-state index in [-0.39, 0.29) is 0 Å². The van der Waals surface area contributed by atoms with Crippen LogP contribution in [0.1, 0.15) is 5.56 Å². The van der Waals surface area contributed by atoms with Gasteiger partial charge in [0.25, 0.3) is 0 Å². The van der Waals surface area contributed by atoms with Gasteiger partial charge in [0, 0.05) is 14.9 Å². The number of aromatic nitrogens is 1. The molecule has 0 atom stereocenters. The number of rotatable bonds is 3. The van der Waals surface area contributed by atoms with E-state index in [1.165, 1.54) is 0 Å². The van der Waals surface area contributed by atoms with Gasteiger partial charge in [0.1, 0.15) is 6.61 Å². The molecule has 3 nitrogen and oxygen atoms in total. The molecule has 0 unspecified atom stereocenters. The molecule has 3 aromatic rings. The molecule has 5 heteroatoms. The number of hydrogen-bond donors (Lipinski definition) is 1. The minimum absolute atomic E-state index is 0.399. The Balaban J connectivity index is 1.96. The molecule has 0 aliphatic rings. The monoisotopic (exact) mass is 362 g/mol. The molecule has 1 aromatic heterocycles. The van der Waals surface area contributed by atoms with Crippen molar-refractivity contribution in [2.24, 2.45) is 0 Å².